The topological polar surface area (TPSA) is 59.4 Å². The zero-order chi connectivity index (χ0) is 14.5. The largest absolute Gasteiger partial charge is 0.504 e. The Balaban J connectivity index is 2.33. The molecule has 0 bridgehead atoms. The van der Waals surface area contributed by atoms with Gasteiger partial charge in [0.25, 0.3) is 0 Å². The first-order valence-electron chi connectivity index (χ1n) is 6.11. The molecule has 0 aliphatic heterocycles. The summed E-state index contributed by atoms with van der Waals surface area (Å²) in [7, 11) is 1.45. The molecule has 2 rings (SSSR count). The van der Waals surface area contributed by atoms with Crippen molar-refractivity contribution in [2.24, 2.45) is 0 Å². The molecule has 0 atom stereocenters. The quantitative estimate of drug-likeness (QED) is 0.866. The number of benzene rings is 1. The third-order valence-electron chi connectivity index (χ3n) is 2.88. The number of rotatable bonds is 4. The highest BCUT2D eigenvalue weighted by Crippen LogP contribution is 2.31. The van der Waals surface area contributed by atoms with Crippen molar-refractivity contribution >= 4 is 18.4 Å². The van der Waals surface area contributed by atoms with Gasteiger partial charge in [-0.3, -0.25) is 9.78 Å². The van der Waals surface area contributed by atoms with E-state index in [1.165, 1.54) is 7.11 Å². The van der Waals surface area contributed by atoms with E-state index in [1.54, 1.807) is 18.3 Å². The summed E-state index contributed by atoms with van der Waals surface area (Å²) >= 11 is 0. The van der Waals surface area contributed by atoms with Gasteiger partial charge in [-0.15, -0.1) is 0 Å². The lowest BCUT2D eigenvalue weighted by Gasteiger charge is -2.06. The number of aldehydes is 1. The molecule has 0 radical (unpaired) electrons. The maximum Gasteiger partial charge on any atom is 0.168 e. The van der Waals surface area contributed by atoms with Crippen molar-refractivity contribution in [1.29, 1.82) is 0 Å². The second kappa shape index (κ2) is 6.02. The number of aromatic hydroxyl groups is 1. The molecule has 1 heterocycles. The van der Waals surface area contributed by atoms with E-state index in [0.717, 1.165) is 16.8 Å². The molecule has 0 fully saturated rings. The number of aryl methyl sites for hydroxylation is 1. The van der Waals surface area contributed by atoms with E-state index in [0.29, 0.717) is 6.29 Å². The van der Waals surface area contributed by atoms with Crippen LogP contribution in [0.5, 0.6) is 11.5 Å². The summed E-state index contributed by atoms with van der Waals surface area (Å²) in [5.41, 5.74) is 2.88. The molecule has 4 nitrogen and oxygen atoms in total. The van der Waals surface area contributed by atoms with Crippen LogP contribution in [0.3, 0.4) is 0 Å². The summed E-state index contributed by atoms with van der Waals surface area (Å²) in [6.45, 7) is 1.93. The Hall–Kier alpha value is -2.62. The molecule has 1 aromatic heterocycles. The predicted octanol–water partition coefficient (Wildman–Crippen LogP) is 3.09. The van der Waals surface area contributed by atoms with Gasteiger partial charge >= 0.3 is 0 Å². The molecule has 0 unspecified atom stereocenters. The van der Waals surface area contributed by atoms with Gasteiger partial charge in [0.2, 0.25) is 0 Å². The Kier molecular flexibility index (Phi) is 4.15. The summed E-state index contributed by atoms with van der Waals surface area (Å²) in [5.74, 6) is 0.132. The molecule has 0 spiro atoms. The monoisotopic (exact) mass is 269 g/mol. The van der Waals surface area contributed by atoms with Crippen LogP contribution in [0.25, 0.3) is 12.2 Å². The minimum Gasteiger partial charge on any atom is -0.504 e. The number of aromatic nitrogens is 1. The second-order valence-electron chi connectivity index (χ2n) is 4.35. The Morgan fingerprint density at radius 1 is 1.20 bits per heavy atom. The lowest BCUT2D eigenvalue weighted by Crippen LogP contribution is -1.90. The molecule has 20 heavy (non-hydrogen) atoms. The van der Waals surface area contributed by atoms with Crippen molar-refractivity contribution in [3.8, 4) is 11.5 Å². The van der Waals surface area contributed by atoms with Crippen molar-refractivity contribution in [3.05, 3.63) is 52.8 Å². The number of phenols is 1. The fourth-order valence-electron chi connectivity index (χ4n) is 1.76. The third-order valence-corrected chi connectivity index (χ3v) is 2.88. The van der Waals surface area contributed by atoms with Gasteiger partial charge < -0.3 is 9.84 Å². The molecule has 1 N–H and O–H groups in total. The lowest BCUT2D eigenvalue weighted by atomic mass is 10.1. The van der Waals surface area contributed by atoms with E-state index in [2.05, 4.69) is 4.98 Å². The van der Waals surface area contributed by atoms with Gasteiger partial charge in [0, 0.05) is 11.9 Å². The highest BCUT2D eigenvalue weighted by atomic mass is 16.5. The standard InChI is InChI=1S/C16H15NO3/c1-11-3-4-12(9-17-11)5-6-13-7-14(10-18)16(19)15(8-13)20-2/h3-10,19H,1-2H3/b6-5+. The van der Waals surface area contributed by atoms with Crippen LogP contribution >= 0.6 is 0 Å². The van der Waals surface area contributed by atoms with Gasteiger partial charge in [-0.2, -0.15) is 0 Å². The van der Waals surface area contributed by atoms with E-state index >= 15 is 0 Å². The van der Waals surface area contributed by atoms with Crippen LogP contribution in [0.2, 0.25) is 0 Å². The molecule has 0 saturated carbocycles. The number of methoxy groups -OCH3 is 1. The minimum atomic E-state index is -0.142. The predicted molar refractivity (Wildman–Crippen MR) is 77.9 cm³/mol. The molecule has 4 heteroatoms. The van der Waals surface area contributed by atoms with Crippen molar-refractivity contribution in [2.45, 2.75) is 6.92 Å². The maximum atomic E-state index is 10.9. The number of ether oxygens (including phenoxy) is 1. The van der Waals surface area contributed by atoms with Crippen LogP contribution in [-0.4, -0.2) is 23.5 Å². The lowest BCUT2D eigenvalue weighted by molar-refractivity contribution is 0.112. The molecule has 0 saturated heterocycles. The molecule has 0 amide bonds. The van der Waals surface area contributed by atoms with Crippen molar-refractivity contribution < 1.29 is 14.6 Å². The fourth-order valence-corrected chi connectivity index (χ4v) is 1.76. The summed E-state index contributed by atoms with van der Waals surface area (Å²) in [5, 5.41) is 9.74. The van der Waals surface area contributed by atoms with Crippen molar-refractivity contribution in [2.75, 3.05) is 7.11 Å². The van der Waals surface area contributed by atoms with Crippen LogP contribution in [0.1, 0.15) is 27.2 Å². The zero-order valence-corrected chi connectivity index (χ0v) is 11.3. The molecule has 102 valence electrons. The normalized spacial score (nSPS) is 10.7. The van der Waals surface area contributed by atoms with Crippen LogP contribution < -0.4 is 4.74 Å². The van der Waals surface area contributed by atoms with Gasteiger partial charge in [-0.05, 0) is 36.2 Å². The van der Waals surface area contributed by atoms with E-state index in [-0.39, 0.29) is 17.1 Å². The average Bonchev–Trinajstić information content (AvgIpc) is 2.47. The molecular formula is C16H15NO3. The molecule has 0 aliphatic rings. The molecule has 0 aliphatic carbocycles. The number of pyridine rings is 1. The Bertz CT molecular complexity index is 646. The summed E-state index contributed by atoms with van der Waals surface area (Å²) in [6, 6.07) is 7.15. The first-order chi connectivity index (χ1) is 9.63. The Labute approximate surface area is 117 Å². The minimum absolute atomic E-state index is 0.142. The average molecular weight is 269 g/mol. The second-order valence-corrected chi connectivity index (χ2v) is 4.35. The van der Waals surface area contributed by atoms with E-state index in [1.807, 2.05) is 31.2 Å². The first-order valence-corrected chi connectivity index (χ1v) is 6.11. The van der Waals surface area contributed by atoms with Gasteiger partial charge in [-0.1, -0.05) is 18.2 Å². The van der Waals surface area contributed by atoms with Crippen molar-refractivity contribution in [1.82, 2.24) is 4.98 Å². The summed E-state index contributed by atoms with van der Waals surface area (Å²) in [4.78, 5) is 15.1. The first kappa shape index (κ1) is 13.8. The number of carbonyl (C=O) groups is 1. The SMILES string of the molecule is COc1cc(/C=C/c2ccc(C)nc2)cc(C=O)c1O. The van der Waals surface area contributed by atoms with Crippen LogP contribution in [0.15, 0.2) is 30.5 Å². The number of carbonyl (C=O) groups excluding carboxylic acids is 1. The highest BCUT2D eigenvalue weighted by molar-refractivity contribution is 5.84. The highest BCUT2D eigenvalue weighted by Gasteiger charge is 2.08. The van der Waals surface area contributed by atoms with Crippen LogP contribution in [-0.2, 0) is 0 Å². The fraction of sp³-hybridized carbons (Fsp3) is 0.125. The molecule has 2 aromatic rings. The van der Waals surface area contributed by atoms with E-state index < -0.39 is 0 Å². The zero-order valence-electron chi connectivity index (χ0n) is 11.3. The van der Waals surface area contributed by atoms with E-state index in [4.69, 9.17) is 4.74 Å². The number of hydrogen-bond acceptors (Lipinski definition) is 4. The van der Waals surface area contributed by atoms with Gasteiger partial charge in [0.15, 0.2) is 17.8 Å². The number of nitrogens with zero attached hydrogens (tertiary/aromatic N) is 1. The van der Waals surface area contributed by atoms with E-state index in [9.17, 15) is 9.90 Å². The summed E-state index contributed by atoms with van der Waals surface area (Å²) < 4.78 is 5.04. The smallest absolute Gasteiger partial charge is 0.168 e. The maximum absolute atomic E-state index is 10.9. The molecule has 1 aromatic carbocycles. The van der Waals surface area contributed by atoms with Crippen molar-refractivity contribution in [3.63, 3.8) is 0 Å². The van der Waals surface area contributed by atoms with Gasteiger partial charge in [0.05, 0.1) is 12.7 Å². The molecular weight excluding hydrogens is 254 g/mol. The van der Waals surface area contributed by atoms with Gasteiger partial charge in [-0.25, -0.2) is 0 Å². The van der Waals surface area contributed by atoms with Gasteiger partial charge in [0.1, 0.15) is 0 Å². The number of phenolic OH excluding ortho intramolecular Hbond substituents is 1. The van der Waals surface area contributed by atoms with Crippen LogP contribution in [0, 0.1) is 6.92 Å². The Morgan fingerprint density at radius 2 is 1.95 bits per heavy atom. The number of hydrogen-bond donors (Lipinski definition) is 1. The van der Waals surface area contributed by atoms with Crippen LogP contribution in [0.4, 0.5) is 0 Å². The summed E-state index contributed by atoms with van der Waals surface area (Å²) in [6.07, 6.45) is 6.08. The Morgan fingerprint density at radius 3 is 2.55 bits per heavy atom. The third kappa shape index (κ3) is 3.03.